The maximum absolute atomic E-state index is 11.0. The van der Waals surface area contributed by atoms with Gasteiger partial charge in [-0.15, -0.1) is 0 Å². The molecule has 1 aromatic rings. The molecule has 0 unspecified atom stereocenters. The van der Waals surface area contributed by atoms with Gasteiger partial charge in [0.15, 0.2) is 6.10 Å². The molecule has 0 saturated heterocycles. The van der Waals surface area contributed by atoms with Crippen LogP contribution in [0.4, 0.5) is 0 Å². The molecule has 0 spiro atoms. The van der Waals surface area contributed by atoms with Crippen LogP contribution in [0, 0.1) is 0 Å². The highest BCUT2D eigenvalue weighted by Gasteiger charge is 2.12. The first-order valence-electron chi connectivity index (χ1n) is 5.05. The molecule has 0 amide bonds. The molecule has 0 aliphatic heterocycles. The zero-order valence-corrected chi connectivity index (χ0v) is 9.51. The predicted octanol–water partition coefficient (Wildman–Crippen LogP) is 1.74. The second-order valence-electron chi connectivity index (χ2n) is 3.28. The van der Waals surface area contributed by atoms with Gasteiger partial charge < -0.3 is 14.2 Å². The van der Waals surface area contributed by atoms with Crippen LogP contribution in [0.1, 0.15) is 12.5 Å². The average Bonchev–Trinajstić information content (AvgIpc) is 2.34. The Balaban J connectivity index is 2.15. The number of methoxy groups -OCH3 is 1. The first kappa shape index (κ1) is 12.7. The molecule has 0 aliphatic carbocycles. The van der Waals surface area contributed by atoms with Gasteiger partial charge in [-0.2, -0.15) is 0 Å². The summed E-state index contributed by atoms with van der Waals surface area (Å²) in [5, 5.41) is 0. The molecular formula is C12H16O4. The van der Waals surface area contributed by atoms with Gasteiger partial charge in [0.1, 0.15) is 6.79 Å². The van der Waals surface area contributed by atoms with E-state index in [0.29, 0.717) is 6.61 Å². The number of esters is 1. The topological polar surface area (TPSA) is 44.8 Å². The lowest BCUT2D eigenvalue weighted by Gasteiger charge is -2.10. The second kappa shape index (κ2) is 6.98. The molecule has 0 heterocycles. The lowest BCUT2D eigenvalue weighted by atomic mass is 10.2. The highest BCUT2D eigenvalue weighted by Crippen LogP contribution is 2.01. The van der Waals surface area contributed by atoms with Crippen molar-refractivity contribution in [3.63, 3.8) is 0 Å². The molecule has 4 heteroatoms. The summed E-state index contributed by atoms with van der Waals surface area (Å²) in [5.74, 6) is -0.400. The highest BCUT2D eigenvalue weighted by atomic mass is 16.7. The van der Waals surface area contributed by atoms with Crippen LogP contribution < -0.4 is 0 Å². The van der Waals surface area contributed by atoms with E-state index >= 15 is 0 Å². The van der Waals surface area contributed by atoms with Gasteiger partial charge in [-0.3, -0.25) is 0 Å². The highest BCUT2D eigenvalue weighted by molar-refractivity contribution is 5.73. The molecular weight excluding hydrogens is 208 g/mol. The van der Waals surface area contributed by atoms with Crippen molar-refractivity contribution < 1.29 is 19.0 Å². The Morgan fingerprint density at radius 2 is 2.00 bits per heavy atom. The van der Waals surface area contributed by atoms with Crippen molar-refractivity contribution in [2.75, 3.05) is 13.9 Å². The van der Waals surface area contributed by atoms with Crippen molar-refractivity contribution in [3.8, 4) is 0 Å². The van der Waals surface area contributed by atoms with Crippen molar-refractivity contribution in [3.05, 3.63) is 35.9 Å². The first-order valence-corrected chi connectivity index (χ1v) is 5.05. The maximum atomic E-state index is 11.0. The molecule has 1 atom stereocenters. The van der Waals surface area contributed by atoms with E-state index in [1.807, 2.05) is 30.3 Å². The van der Waals surface area contributed by atoms with Crippen molar-refractivity contribution in [1.82, 2.24) is 0 Å². The van der Waals surface area contributed by atoms with Crippen molar-refractivity contribution in [1.29, 1.82) is 0 Å². The predicted molar refractivity (Wildman–Crippen MR) is 58.7 cm³/mol. The number of ether oxygens (including phenoxy) is 3. The third-order valence-electron chi connectivity index (χ3n) is 2.05. The van der Waals surface area contributed by atoms with Crippen molar-refractivity contribution in [2.24, 2.45) is 0 Å². The van der Waals surface area contributed by atoms with E-state index in [4.69, 9.17) is 9.47 Å². The normalized spacial score (nSPS) is 12.1. The number of hydrogen-bond donors (Lipinski definition) is 0. The van der Waals surface area contributed by atoms with Gasteiger partial charge in [-0.25, -0.2) is 4.79 Å². The Bertz CT molecular complexity index is 310. The summed E-state index contributed by atoms with van der Waals surface area (Å²) in [7, 11) is 1.33. The van der Waals surface area contributed by atoms with Crippen LogP contribution in [0.15, 0.2) is 30.3 Å². The molecule has 16 heavy (non-hydrogen) atoms. The number of benzene rings is 1. The van der Waals surface area contributed by atoms with Crippen LogP contribution >= 0.6 is 0 Å². The first-order chi connectivity index (χ1) is 7.74. The fraction of sp³-hybridized carbons (Fsp3) is 0.417. The quantitative estimate of drug-likeness (QED) is 0.419. The Hall–Kier alpha value is -1.39. The third kappa shape index (κ3) is 4.42. The molecule has 0 aromatic heterocycles. The molecule has 0 N–H and O–H groups in total. The minimum absolute atomic E-state index is 0.0746. The lowest BCUT2D eigenvalue weighted by Crippen LogP contribution is -2.23. The molecule has 0 saturated carbocycles. The average molecular weight is 224 g/mol. The van der Waals surface area contributed by atoms with Gasteiger partial charge in [-0.1, -0.05) is 30.3 Å². The molecule has 4 nitrogen and oxygen atoms in total. The third-order valence-corrected chi connectivity index (χ3v) is 2.05. The fourth-order valence-corrected chi connectivity index (χ4v) is 1.12. The summed E-state index contributed by atoms with van der Waals surface area (Å²) < 4.78 is 14.9. The van der Waals surface area contributed by atoms with Gasteiger partial charge in [-0.05, 0) is 12.5 Å². The Kier molecular flexibility index (Phi) is 5.53. The van der Waals surface area contributed by atoms with Gasteiger partial charge in [0.05, 0.1) is 13.7 Å². The van der Waals surface area contributed by atoms with Crippen molar-refractivity contribution >= 4 is 5.97 Å². The SMILES string of the molecule is COC(=O)[C@@H](C)OCOCc1ccccc1. The zero-order chi connectivity index (χ0) is 11.8. The fourth-order valence-electron chi connectivity index (χ4n) is 1.12. The minimum atomic E-state index is -0.597. The van der Waals surface area contributed by atoms with Crippen LogP contribution in [0.25, 0.3) is 0 Å². The molecule has 88 valence electrons. The van der Waals surface area contributed by atoms with E-state index < -0.39 is 12.1 Å². The van der Waals surface area contributed by atoms with Crippen molar-refractivity contribution in [2.45, 2.75) is 19.6 Å². The van der Waals surface area contributed by atoms with Crippen LogP contribution in [-0.4, -0.2) is 26.0 Å². The van der Waals surface area contributed by atoms with Crippen LogP contribution in [0.2, 0.25) is 0 Å². The van der Waals surface area contributed by atoms with E-state index in [1.54, 1.807) is 6.92 Å². The lowest BCUT2D eigenvalue weighted by molar-refractivity contribution is -0.163. The number of rotatable bonds is 6. The van der Waals surface area contributed by atoms with Gasteiger partial charge >= 0.3 is 5.97 Å². The Morgan fingerprint density at radius 1 is 1.31 bits per heavy atom. The molecule has 0 fully saturated rings. The smallest absolute Gasteiger partial charge is 0.334 e. The number of hydrogen-bond acceptors (Lipinski definition) is 4. The number of carbonyl (C=O) groups excluding carboxylic acids is 1. The Morgan fingerprint density at radius 3 is 2.62 bits per heavy atom. The van der Waals surface area contributed by atoms with E-state index in [0.717, 1.165) is 5.56 Å². The van der Waals surface area contributed by atoms with E-state index in [2.05, 4.69) is 4.74 Å². The van der Waals surface area contributed by atoms with Gasteiger partial charge in [0, 0.05) is 0 Å². The van der Waals surface area contributed by atoms with Gasteiger partial charge in [0.2, 0.25) is 0 Å². The molecule has 0 radical (unpaired) electrons. The standard InChI is InChI=1S/C12H16O4/c1-10(12(13)14-2)16-9-15-8-11-6-4-3-5-7-11/h3-7,10H,8-9H2,1-2H3/t10-/m1/s1. The minimum Gasteiger partial charge on any atom is -0.467 e. The van der Waals surface area contributed by atoms with E-state index in [1.165, 1.54) is 7.11 Å². The molecule has 1 aromatic carbocycles. The van der Waals surface area contributed by atoms with Gasteiger partial charge in [0.25, 0.3) is 0 Å². The molecule has 0 aliphatic rings. The summed E-state index contributed by atoms with van der Waals surface area (Å²) in [5.41, 5.74) is 1.07. The summed E-state index contributed by atoms with van der Waals surface area (Å²) in [6.45, 7) is 2.16. The number of carbonyl (C=O) groups is 1. The zero-order valence-electron chi connectivity index (χ0n) is 9.51. The van der Waals surface area contributed by atoms with Crippen LogP contribution in [-0.2, 0) is 25.6 Å². The summed E-state index contributed by atoms with van der Waals surface area (Å²) in [6.07, 6.45) is -0.597. The van der Waals surface area contributed by atoms with Crippen LogP contribution in [0.5, 0.6) is 0 Å². The summed E-state index contributed by atoms with van der Waals surface area (Å²) in [6, 6.07) is 9.75. The summed E-state index contributed by atoms with van der Waals surface area (Å²) >= 11 is 0. The van der Waals surface area contributed by atoms with E-state index in [9.17, 15) is 4.79 Å². The maximum Gasteiger partial charge on any atom is 0.334 e. The summed E-state index contributed by atoms with van der Waals surface area (Å²) in [4.78, 5) is 11.0. The van der Waals surface area contributed by atoms with Crippen LogP contribution in [0.3, 0.4) is 0 Å². The largest absolute Gasteiger partial charge is 0.467 e. The van der Waals surface area contributed by atoms with E-state index in [-0.39, 0.29) is 6.79 Å². The Labute approximate surface area is 95.1 Å². The molecule has 1 rings (SSSR count). The molecule has 0 bridgehead atoms. The monoisotopic (exact) mass is 224 g/mol. The second-order valence-corrected chi connectivity index (χ2v) is 3.28.